The lowest BCUT2D eigenvalue weighted by Gasteiger charge is -2.21. The fourth-order valence-corrected chi connectivity index (χ4v) is 3.57. The van der Waals surface area contributed by atoms with E-state index in [1.807, 2.05) is 24.2 Å². The molecule has 1 heterocycles. The Morgan fingerprint density at radius 2 is 2.05 bits per heavy atom. The fraction of sp³-hybridized carbons (Fsp3) is 0.667. The molecule has 1 amide bonds. The summed E-state index contributed by atoms with van der Waals surface area (Å²) in [5.74, 6) is 0.881. The average Bonchev–Trinajstić information content (AvgIpc) is 2.97. The third-order valence-electron chi connectivity index (χ3n) is 4.33. The van der Waals surface area contributed by atoms with Crippen molar-refractivity contribution < 1.29 is 4.79 Å². The Labute approximate surface area is 123 Å². The van der Waals surface area contributed by atoms with Gasteiger partial charge in [-0.3, -0.25) is 4.79 Å². The van der Waals surface area contributed by atoms with Gasteiger partial charge in [0.1, 0.15) is 5.69 Å². The quantitative estimate of drug-likeness (QED) is 0.825. The summed E-state index contributed by atoms with van der Waals surface area (Å²) in [6.07, 6.45) is 9.68. The van der Waals surface area contributed by atoms with Crippen molar-refractivity contribution in [3.05, 3.63) is 22.4 Å². The summed E-state index contributed by atoms with van der Waals surface area (Å²) in [5.41, 5.74) is 0.842. The zero-order valence-electron chi connectivity index (χ0n) is 11.4. The molecule has 0 atom stereocenters. The first kappa shape index (κ1) is 13.2. The Hall–Kier alpha value is -0.770. The van der Waals surface area contributed by atoms with E-state index in [0.29, 0.717) is 12.0 Å². The van der Waals surface area contributed by atoms with Gasteiger partial charge in [0.25, 0.3) is 5.91 Å². The van der Waals surface area contributed by atoms with Crippen molar-refractivity contribution in [3.8, 4) is 0 Å². The molecule has 0 aromatic carbocycles. The normalized spacial score (nSPS) is 19.9. The molecule has 0 aliphatic heterocycles. The molecule has 19 heavy (non-hydrogen) atoms. The van der Waals surface area contributed by atoms with Crippen molar-refractivity contribution in [2.45, 2.75) is 44.6 Å². The van der Waals surface area contributed by atoms with Gasteiger partial charge in [0.2, 0.25) is 0 Å². The van der Waals surface area contributed by atoms with Crippen molar-refractivity contribution in [1.82, 2.24) is 9.47 Å². The van der Waals surface area contributed by atoms with Crippen LogP contribution in [0.2, 0.25) is 0 Å². The molecule has 0 bridgehead atoms. The van der Waals surface area contributed by atoms with Gasteiger partial charge in [-0.1, -0.05) is 12.8 Å². The van der Waals surface area contributed by atoms with Crippen LogP contribution in [-0.2, 0) is 0 Å². The number of halogens is 1. The van der Waals surface area contributed by atoms with Crippen LogP contribution in [0.15, 0.2) is 16.7 Å². The van der Waals surface area contributed by atoms with Crippen LogP contribution in [-0.4, -0.2) is 29.0 Å². The van der Waals surface area contributed by atoms with Crippen molar-refractivity contribution >= 4 is 21.8 Å². The molecule has 2 aliphatic rings. The van der Waals surface area contributed by atoms with E-state index in [1.54, 1.807) is 0 Å². The zero-order chi connectivity index (χ0) is 13.4. The third-order valence-corrected chi connectivity index (χ3v) is 4.76. The van der Waals surface area contributed by atoms with E-state index in [1.165, 1.54) is 38.5 Å². The molecule has 0 unspecified atom stereocenters. The molecule has 104 valence electrons. The molecule has 2 fully saturated rings. The second-order valence-corrected chi connectivity index (χ2v) is 6.93. The number of carbonyl (C=O) groups excluding carboxylic acids is 1. The highest BCUT2D eigenvalue weighted by Gasteiger charge is 2.29. The van der Waals surface area contributed by atoms with E-state index in [0.717, 1.165) is 16.7 Å². The number of rotatable bonds is 4. The van der Waals surface area contributed by atoms with Gasteiger partial charge in [-0.05, 0) is 53.6 Å². The highest BCUT2D eigenvalue weighted by atomic mass is 79.9. The van der Waals surface area contributed by atoms with Gasteiger partial charge >= 0.3 is 0 Å². The van der Waals surface area contributed by atoms with Crippen LogP contribution in [0.5, 0.6) is 0 Å². The van der Waals surface area contributed by atoms with Gasteiger partial charge < -0.3 is 9.47 Å². The van der Waals surface area contributed by atoms with Crippen molar-refractivity contribution in [3.63, 3.8) is 0 Å². The minimum atomic E-state index is 0.171. The van der Waals surface area contributed by atoms with Crippen LogP contribution in [0, 0.1) is 5.92 Å². The number of amides is 1. The number of hydrogen-bond donors (Lipinski definition) is 0. The van der Waals surface area contributed by atoms with Crippen molar-refractivity contribution in [1.29, 1.82) is 0 Å². The van der Waals surface area contributed by atoms with E-state index >= 15 is 0 Å². The molecule has 1 aromatic heterocycles. The molecular weight excluding hydrogens is 304 g/mol. The van der Waals surface area contributed by atoms with Gasteiger partial charge in [-0.25, -0.2) is 0 Å². The van der Waals surface area contributed by atoms with Crippen LogP contribution in [0.1, 0.15) is 55.1 Å². The fourth-order valence-electron chi connectivity index (χ4n) is 3.13. The van der Waals surface area contributed by atoms with E-state index in [-0.39, 0.29) is 5.91 Å². The van der Waals surface area contributed by atoms with Crippen LogP contribution in [0.4, 0.5) is 0 Å². The van der Waals surface area contributed by atoms with E-state index in [2.05, 4.69) is 20.5 Å². The molecular formula is C15H21BrN2O. The Bertz CT molecular complexity index is 472. The van der Waals surface area contributed by atoms with Gasteiger partial charge in [-0.15, -0.1) is 0 Å². The number of nitrogens with zero attached hydrogens (tertiary/aromatic N) is 2. The largest absolute Gasteiger partial charge is 0.340 e. The Balaban J connectivity index is 1.71. The lowest BCUT2D eigenvalue weighted by Crippen LogP contribution is -2.32. The highest BCUT2D eigenvalue weighted by Crippen LogP contribution is 2.37. The number of aromatic nitrogens is 1. The van der Waals surface area contributed by atoms with Crippen LogP contribution in [0.3, 0.4) is 0 Å². The van der Waals surface area contributed by atoms with Crippen LogP contribution in [0.25, 0.3) is 0 Å². The average molecular weight is 325 g/mol. The van der Waals surface area contributed by atoms with Crippen LogP contribution >= 0.6 is 15.9 Å². The number of carbonyl (C=O) groups is 1. The first-order valence-electron chi connectivity index (χ1n) is 7.28. The Morgan fingerprint density at radius 3 is 2.68 bits per heavy atom. The van der Waals surface area contributed by atoms with E-state index in [4.69, 9.17) is 0 Å². The molecule has 3 nitrogen and oxygen atoms in total. The smallest absolute Gasteiger partial charge is 0.270 e. The minimum Gasteiger partial charge on any atom is -0.340 e. The summed E-state index contributed by atoms with van der Waals surface area (Å²) >= 11 is 3.49. The minimum absolute atomic E-state index is 0.171. The highest BCUT2D eigenvalue weighted by molar-refractivity contribution is 9.10. The lowest BCUT2D eigenvalue weighted by molar-refractivity contribution is 0.0762. The summed E-state index contributed by atoms with van der Waals surface area (Å²) in [5, 5.41) is 0. The monoisotopic (exact) mass is 324 g/mol. The maximum atomic E-state index is 12.6. The van der Waals surface area contributed by atoms with Gasteiger partial charge in [0, 0.05) is 30.3 Å². The summed E-state index contributed by atoms with van der Waals surface area (Å²) in [4.78, 5) is 14.5. The van der Waals surface area contributed by atoms with Gasteiger partial charge in [0.05, 0.1) is 0 Å². The molecule has 0 spiro atoms. The summed E-state index contributed by atoms with van der Waals surface area (Å²) in [6.45, 7) is 0.909. The van der Waals surface area contributed by atoms with Gasteiger partial charge in [-0.2, -0.15) is 0 Å². The Kier molecular flexibility index (Phi) is 3.70. The van der Waals surface area contributed by atoms with Crippen molar-refractivity contribution in [2.75, 3.05) is 13.6 Å². The van der Waals surface area contributed by atoms with E-state index in [9.17, 15) is 4.79 Å². The second kappa shape index (κ2) is 5.31. The maximum absolute atomic E-state index is 12.6. The predicted molar refractivity (Wildman–Crippen MR) is 79.3 cm³/mol. The molecule has 1 aromatic rings. The molecule has 2 saturated carbocycles. The second-order valence-electron chi connectivity index (χ2n) is 6.02. The van der Waals surface area contributed by atoms with Crippen LogP contribution < -0.4 is 0 Å². The van der Waals surface area contributed by atoms with E-state index < -0.39 is 0 Å². The molecule has 3 rings (SSSR count). The molecule has 0 saturated heterocycles. The Morgan fingerprint density at radius 1 is 1.37 bits per heavy atom. The summed E-state index contributed by atoms with van der Waals surface area (Å²) in [7, 11) is 1.94. The topological polar surface area (TPSA) is 25.2 Å². The van der Waals surface area contributed by atoms with Crippen molar-refractivity contribution in [2.24, 2.45) is 5.92 Å². The molecule has 4 heteroatoms. The first-order chi connectivity index (χ1) is 9.15. The van der Waals surface area contributed by atoms with Gasteiger partial charge in [0.15, 0.2) is 0 Å². The molecule has 0 N–H and O–H groups in total. The standard InChI is InChI=1S/C15H21BrN2O/c1-17(9-11-4-2-3-5-11)15(19)14-8-12(16)10-18(14)13-6-7-13/h8,10-11,13H,2-7,9H2,1H3. The maximum Gasteiger partial charge on any atom is 0.270 e. The zero-order valence-corrected chi connectivity index (χ0v) is 13.0. The number of hydrogen-bond acceptors (Lipinski definition) is 1. The SMILES string of the molecule is CN(CC1CCCC1)C(=O)c1cc(Br)cn1C1CC1. The predicted octanol–water partition coefficient (Wildman–Crippen LogP) is 3.85. The third kappa shape index (κ3) is 2.88. The first-order valence-corrected chi connectivity index (χ1v) is 8.07. The lowest BCUT2D eigenvalue weighted by atomic mass is 10.1. The molecule has 2 aliphatic carbocycles. The summed E-state index contributed by atoms with van der Waals surface area (Å²) < 4.78 is 3.16. The summed E-state index contributed by atoms with van der Waals surface area (Å²) in [6, 6.07) is 2.51. The molecule has 0 radical (unpaired) electrons.